The molecule has 2 aliphatic rings. The molecule has 0 aromatic heterocycles. The molecule has 0 unspecified atom stereocenters. The van der Waals surface area contributed by atoms with Crippen LogP contribution in [0.3, 0.4) is 0 Å². The summed E-state index contributed by atoms with van der Waals surface area (Å²) in [5.74, 6) is 0. The fraction of sp³-hybridized carbons (Fsp3) is 0.102. The minimum Gasteiger partial charge on any atom is -0.310 e. The summed E-state index contributed by atoms with van der Waals surface area (Å²) in [5, 5.41) is 0. The third-order valence-electron chi connectivity index (χ3n) is 10.3. The van der Waals surface area contributed by atoms with Crippen molar-refractivity contribution in [2.75, 3.05) is 9.80 Å². The van der Waals surface area contributed by atoms with E-state index in [1.54, 1.807) is 0 Å². The average molecular weight is 689 g/mol. The number of benzene rings is 7. The highest BCUT2D eigenvalue weighted by atomic mass is 32.2. The first-order chi connectivity index (χ1) is 25.5. The van der Waals surface area contributed by atoms with Crippen LogP contribution in [0.1, 0.15) is 34.2 Å². The lowest BCUT2D eigenvalue weighted by atomic mass is 9.92. The second-order valence-electron chi connectivity index (χ2n) is 14.0. The monoisotopic (exact) mass is 688 g/mol. The summed E-state index contributed by atoms with van der Waals surface area (Å²) in [6.45, 7) is 6.63. The van der Waals surface area contributed by atoms with Crippen molar-refractivity contribution in [1.82, 2.24) is 0 Å². The van der Waals surface area contributed by atoms with Gasteiger partial charge in [0.15, 0.2) is 0 Å². The van der Waals surface area contributed by atoms with E-state index < -0.39 is 0 Å². The van der Waals surface area contributed by atoms with Crippen molar-refractivity contribution >= 4 is 52.0 Å². The molecule has 0 saturated carbocycles. The van der Waals surface area contributed by atoms with Gasteiger partial charge in [-0.2, -0.15) is 0 Å². The van der Waals surface area contributed by atoms with Gasteiger partial charge in [-0.25, -0.2) is 0 Å². The molecule has 252 valence electrons. The molecule has 0 bridgehead atoms. The van der Waals surface area contributed by atoms with Gasteiger partial charge in [0.05, 0.1) is 11.4 Å². The van der Waals surface area contributed by atoms with Crippen molar-refractivity contribution in [3.05, 3.63) is 186 Å². The first kappa shape index (κ1) is 32.2. The van der Waals surface area contributed by atoms with Crippen molar-refractivity contribution in [2.24, 2.45) is 0 Å². The zero-order valence-electron chi connectivity index (χ0n) is 29.8. The highest BCUT2D eigenvalue weighted by molar-refractivity contribution is 8.00. The Kier molecular flexibility index (Phi) is 8.29. The van der Waals surface area contributed by atoms with Crippen molar-refractivity contribution in [3.63, 3.8) is 0 Å². The van der Waals surface area contributed by atoms with E-state index in [4.69, 9.17) is 0 Å². The van der Waals surface area contributed by atoms with E-state index in [0.717, 1.165) is 29.9 Å². The number of allylic oxidation sites excluding steroid dienone is 1. The molecule has 7 aromatic carbocycles. The smallest absolute Gasteiger partial charge is 0.0622 e. The van der Waals surface area contributed by atoms with E-state index in [1.807, 2.05) is 11.8 Å². The minimum absolute atomic E-state index is 1.11. The van der Waals surface area contributed by atoms with E-state index in [1.165, 1.54) is 76.9 Å². The predicted molar refractivity (Wildman–Crippen MR) is 222 cm³/mol. The zero-order valence-corrected chi connectivity index (χ0v) is 30.6. The Balaban J connectivity index is 1.25. The van der Waals surface area contributed by atoms with Crippen molar-refractivity contribution in [3.8, 4) is 22.3 Å². The molecule has 0 saturated heterocycles. The van der Waals surface area contributed by atoms with E-state index in [9.17, 15) is 0 Å². The van der Waals surface area contributed by atoms with Crippen LogP contribution in [-0.4, -0.2) is 0 Å². The molecule has 2 nitrogen and oxygen atoms in total. The number of nitrogens with zero attached hydrogens (tertiary/aromatic N) is 2. The summed E-state index contributed by atoms with van der Waals surface area (Å²) in [6, 6.07) is 55.9. The van der Waals surface area contributed by atoms with Gasteiger partial charge in [-0.05, 0) is 145 Å². The molecule has 0 amide bonds. The van der Waals surface area contributed by atoms with Crippen LogP contribution < -0.4 is 9.80 Å². The van der Waals surface area contributed by atoms with Crippen LogP contribution in [0.5, 0.6) is 0 Å². The SMILES string of the molecule is Cc1ccc(N(c2ccccc2)c2ccc3c(c2)N(c2ccc(-c4ccccc4)cc2C)c2cc(C)cc(-c4ccc5c(c4)C=CCC5)c2S3)cc1. The molecule has 7 aromatic rings. The second kappa shape index (κ2) is 13.4. The van der Waals surface area contributed by atoms with Gasteiger partial charge in [-0.3, -0.25) is 0 Å². The Bertz CT molecular complexity index is 2460. The Morgan fingerprint density at radius 3 is 2.06 bits per heavy atom. The second-order valence-corrected chi connectivity index (χ2v) is 15.0. The highest BCUT2D eigenvalue weighted by Crippen LogP contribution is 2.56. The van der Waals surface area contributed by atoms with Crippen LogP contribution in [0.25, 0.3) is 28.3 Å². The molecule has 0 atom stereocenters. The van der Waals surface area contributed by atoms with Crippen molar-refractivity contribution in [1.29, 1.82) is 0 Å². The summed E-state index contributed by atoms with van der Waals surface area (Å²) < 4.78 is 0. The third-order valence-corrected chi connectivity index (χ3v) is 11.5. The van der Waals surface area contributed by atoms with Crippen LogP contribution in [0, 0.1) is 20.8 Å². The van der Waals surface area contributed by atoms with Crippen LogP contribution in [0.15, 0.2) is 168 Å². The molecule has 0 fully saturated rings. The lowest BCUT2D eigenvalue weighted by Gasteiger charge is -2.36. The van der Waals surface area contributed by atoms with Gasteiger partial charge < -0.3 is 9.80 Å². The van der Waals surface area contributed by atoms with E-state index in [2.05, 4.69) is 194 Å². The summed E-state index contributed by atoms with van der Waals surface area (Å²) in [4.78, 5) is 7.41. The number of rotatable bonds is 6. The quantitative estimate of drug-likeness (QED) is 0.172. The maximum atomic E-state index is 2.52. The molecule has 1 heterocycles. The average Bonchev–Trinajstić information content (AvgIpc) is 3.18. The molecule has 3 heteroatoms. The van der Waals surface area contributed by atoms with Crippen LogP contribution in [0.4, 0.5) is 34.1 Å². The first-order valence-corrected chi connectivity index (χ1v) is 19.0. The number of para-hydroxylation sites is 1. The Morgan fingerprint density at radius 1 is 0.538 bits per heavy atom. The number of aryl methyl sites for hydroxylation is 4. The van der Waals surface area contributed by atoms with E-state index in [-0.39, 0.29) is 0 Å². The van der Waals surface area contributed by atoms with Gasteiger partial charge in [0.1, 0.15) is 0 Å². The maximum Gasteiger partial charge on any atom is 0.0622 e. The Hall–Kier alpha value is -5.77. The standard InChI is InChI=1S/C49H40N2S/c1-33-18-23-42(24-19-33)50(41-16-8-5-9-17-41)43-25-27-48-46(32-43)51(45-26-22-39(30-35(45)3)36-12-6-4-7-13-36)47-29-34(2)28-44(49(47)52-48)40-21-20-37-14-10-11-15-38(37)31-40/h4-9,11-13,15-32H,10,14H2,1-3H3. The first-order valence-electron chi connectivity index (χ1n) is 18.1. The summed E-state index contributed by atoms with van der Waals surface area (Å²) in [5.41, 5.74) is 18.5. The topological polar surface area (TPSA) is 6.48 Å². The van der Waals surface area contributed by atoms with Gasteiger partial charge in [0.25, 0.3) is 0 Å². The third kappa shape index (κ3) is 5.91. The molecular weight excluding hydrogens is 649 g/mol. The predicted octanol–water partition coefficient (Wildman–Crippen LogP) is 14.3. The Morgan fingerprint density at radius 2 is 1.27 bits per heavy atom. The van der Waals surface area contributed by atoms with E-state index >= 15 is 0 Å². The number of hydrogen-bond acceptors (Lipinski definition) is 3. The zero-order chi connectivity index (χ0) is 35.2. The van der Waals surface area contributed by atoms with Gasteiger partial charge >= 0.3 is 0 Å². The van der Waals surface area contributed by atoms with Gasteiger partial charge in [0.2, 0.25) is 0 Å². The summed E-state index contributed by atoms with van der Waals surface area (Å²) in [7, 11) is 0. The van der Waals surface area contributed by atoms with Crippen molar-refractivity contribution < 1.29 is 0 Å². The largest absolute Gasteiger partial charge is 0.310 e. The molecule has 52 heavy (non-hydrogen) atoms. The summed E-state index contributed by atoms with van der Waals surface area (Å²) >= 11 is 1.89. The van der Waals surface area contributed by atoms with Gasteiger partial charge in [-0.15, -0.1) is 0 Å². The highest BCUT2D eigenvalue weighted by Gasteiger charge is 2.30. The van der Waals surface area contributed by atoms with Crippen LogP contribution >= 0.6 is 11.8 Å². The molecule has 1 aliphatic carbocycles. The molecule has 0 spiro atoms. The normalized spacial score (nSPS) is 12.9. The van der Waals surface area contributed by atoms with Crippen molar-refractivity contribution in [2.45, 2.75) is 43.4 Å². The molecular formula is C49H40N2S. The molecule has 0 radical (unpaired) electrons. The lowest BCUT2D eigenvalue weighted by Crippen LogP contribution is -2.18. The van der Waals surface area contributed by atoms with Crippen LogP contribution in [-0.2, 0) is 6.42 Å². The molecule has 0 N–H and O–H groups in total. The Labute approximate surface area is 311 Å². The molecule has 9 rings (SSSR count). The van der Waals surface area contributed by atoms with Gasteiger partial charge in [0, 0.05) is 32.5 Å². The minimum atomic E-state index is 1.11. The fourth-order valence-electron chi connectivity index (χ4n) is 7.68. The molecule has 1 aliphatic heterocycles. The number of fused-ring (bicyclic) bond motifs is 3. The van der Waals surface area contributed by atoms with Gasteiger partial charge in [-0.1, -0.05) is 114 Å². The fourth-order valence-corrected chi connectivity index (χ4v) is 8.83. The lowest BCUT2D eigenvalue weighted by molar-refractivity contribution is 0.986. The van der Waals surface area contributed by atoms with Crippen LogP contribution in [0.2, 0.25) is 0 Å². The van der Waals surface area contributed by atoms with E-state index in [0.29, 0.717) is 0 Å². The summed E-state index contributed by atoms with van der Waals surface area (Å²) in [6.07, 6.45) is 6.82. The number of hydrogen-bond donors (Lipinski definition) is 0. The maximum absolute atomic E-state index is 2.52. The number of anilines is 6.